The summed E-state index contributed by atoms with van der Waals surface area (Å²) in [7, 11) is 0. The molecule has 1 aromatic carbocycles. The van der Waals surface area contributed by atoms with Gasteiger partial charge in [0.25, 0.3) is 0 Å². The molecule has 21 heavy (non-hydrogen) atoms. The molecule has 1 aliphatic rings. The number of anilines is 2. The van der Waals surface area contributed by atoms with Gasteiger partial charge in [0.15, 0.2) is 0 Å². The second kappa shape index (κ2) is 6.70. The molecule has 1 N–H and O–H groups in total. The SMILES string of the molecule is CCCn1cccc1CNc1ccccc1N1CCCC1. The molecule has 0 amide bonds. The van der Waals surface area contributed by atoms with Crippen molar-refractivity contribution < 1.29 is 0 Å². The van der Waals surface area contributed by atoms with Gasteiger partial charge in [-0.3, -0.25) is 0 Å². The summed E-state index contributed by atoms with van der Waals surface area (Å²) < 4.78 is 2.34. The minimum atomic E-state index is 0.887. The third-order valence-electron chi connectivity index (χ3n) is 4.20. The highest BCUT2D eigenvalue weighted by atomic mass is 15.2. The van der Waals surface area contributed by atoms with Crippen LogP contribution in [0, 0.1) is 0 Å². The zero-order valence-electron chi connectivity index (χ0n) is 12.9. The normalized spacial score (nSPS) is 14.6. The summed E-state index contributed by atoms with van der Waals surface area (Å²) in [6.07, 6.45) is 5.97. The summed E-state index contributed by atoms with van der Waals surface area (Å²) in [5.74, 6) is 0. The number of aromatic nitrogens is 1. The number of nitrogens with zero attached hydrogens (tertiary/aromatic N) is 2. The average molecular weight is 283 g/mol. The van der Waals surface area contributed by atoms with Crippen LogP contribution in [0.4, 0.5) is 11.4 Å². The van der Waals surface area contributed by atoms with E-state index in [4.69, 9.17) is 0 Å². The Labute approximate surface area is 127 Å². The third kappa shape index (κ3) is 3.23. The first-order valence-electron chi connectivity index (χ1n) is 8.10. The zero-order valence-corrected chi connectivity index (χ0v) is 12.9. The van der Waals surface area contributed by atoms with Gasteiger partial charge in [0.1, 0.15) is 0 Å². The van der Waals surface area contributed by atoms with Gasteiger partial charge in [-0.2, -0.15) is 0 Å². The molecule has 112 valence electrons. The molecule has 1 fully saturated rings. The number of benzene rings is 1. The first-order valence-corrected chi connectivity index (χ1v) is 8.10. The van der Waals surface area contributed by atoms with Crippen molar-refractivity contribution in [1.29, 1.82) is 0 Å². The molecule has 2 heterocycles. The van der Waals surface area contributed by atoms with Gasteiger partial charge < -0.3 is 14.8 Å². The molecule has 1 aromatic heterocycles. The topological polar surface area (TPSA) is 20.2 Å². The Hall–Kier alpha value is -1.90. The summed E-state index contributed by atoms with van der Waals surface area (Å²) >= 11 is 0. The lowest BCUT2D eigenvalue weighted by Gasteiger charge is -2.22. The van der Waals surface area contributed by atoms with Crippen molar-refractivity contribution in [3.05, 3.63) is 48.3 Å². The van der Waals surface area contributed by atoms with Crippen LogP contribution in [0.1, 0.15) is 31.9 Å². The minimum Gasteiger partial charge on any atom is -0.378 e. The lowest BCUT2D eigenvalue weighted by Crippen LogP contribution is -2.19. The molecular weight excluding hydrogens is 258 g/mol. The molecule has 0 unspecified atom stereocenters. The number of nitrogens with one attached hydrogen (secondary N) is 1. The first kappa shape index (κ1) is 14.1. The van der Waals surface area contributed by atoms with Crippen LogP contribution in [-0.2, 0) is 13.1 Å². The van der Waals surface area contributed by atoms with E-state index in [1.54, 1.807) is 0 Å². The van der Waals surface area contributed by atoms with E-state index < -0.39 is 0 Å². The predicted molar refractivity (Wildman–Crippen MR) is 89.9 cm³/mol. The Bertz CT molecular complexity index is 567. The Kier molecular flexibility index (Phi) is 4.49. The Morgan fingerprint density at radius 2 is 1.86 bits per heavy atom. The lowest BCUT2D eigenvalue weighted by molar-refractivity contribution is 0.654. The van der Waals surface area contributed by atoms with Crippen molar-refractivity contribution in [3.8, 4) is 0 Å². The van der Waals surface area contributed by atoms with E-state index in [9.17, 15) is 0 Å². The number of aryl methyl sites for hydroxylation is 1. The maximum Gasteiger partial charge on any atom is 0.0602 e. The second-order valence-corrected chi connectivity index (χ2v) is 5.76. The quantitative estimate of drug-likeness (QED) is 0.861. The second-order valence-electron chi connectivity index (χ2n) is 5.76. The van der Waals surface area contributed by atoms with E-state index >= 15 is 0 Å². The highest BCUT2D eigenvalue weighted by molar-refractivity contribution is 5.70. The smallest absolute Gasteiger partial charge is 0.0602 e. The molecule has 1 aliphatic heterocycles. The maximum atomic E-state index is 3.63. The van der Waals surface area contributed by atoms with Crippen LogP contribution in [0.5, 0.6) is 0 Å². The van der Waals surface area contributed by atoms with Gasteiger partial charge in [-0.1, -0.05) is 19.1 Å². The van der Waals surface area contributed by atoms with Crippen molar-refractivity contribution in [2.24, 2.45) is 0 Å². The van der Waals surface area contributed by atoms with Crippen LogP contribution in [0.3, 0.4) is 0 Å². The van der Waals surface area contributed by atoms with Crippen LogP contribution < -0.4 is 10.2 Å². The molecule has 0 spiro atoms. The van der Waals surface area contributed by atoms with Gasteiger partial charge in [0, 0.05) is 31.5 Å². The Morgan fingerprint density at radius 3 is 2.67 bits per heavy atom. The van der Waals surface area contributed by atoms with Gasteiger partial charge >= 0.3 is 0 Å². The van der Waals surface area contributed by atoms with Gasteiger partial charge in [-0.15, -0.1) is 0 Å². The van der Waals surface area contributed by atoms with Crippen LogP contribution in [0.25, 0.3) is 0 Å². The lowest BCUT2D eigenvalue weighted by atomic mass is 10.2. The van der Waals surface area contributed by atoms with Crippen LogP contribution in [0.2, 0.25) is 0 Å². The van der Waals surface area contributed by atoms with Gasteiger partial charge in [0.2, 0.25) is 0 Å². The summed E-state index contributed by atoms with van der Waals surface area (Å²) in [6, 6.07) is 13.0. The van der Waals surface area contributed by atoms with Crippen molar-refractivity contribution in [3.63, 3.8) is 0 Å². The molecule has 0 radical (unpaired) electrons. The molecule has 0 saturated carbocycles. The summed E-state index contributed by atoms with van der Waals surface area (Å²) in [4.78, 5) is 2.49. The Balaban J connectivity index is 1.71. The molecule has 3 rings (SSSR count). The minimum absolute atomic E-state index is 0.887. The van der Waals surface area contributed by atoms with Gasteiger partial charge in [-0.25, -0.2) is 0 Å². The molecule has 0 atom stereocenters. The zero-order chi connectivity index (χ0) is 14.5. The highest BCUT2D eigenvalue weighted by Gasteiger charge is 2.15. The summed E-state index contributed by atoms with van der Waals surface area (Å²) in [5.41, 5.74) is 3.96. The Morgan fingerprint density at radius 1 is 1.05 bits per heavy atom. The average Bonchev–Trinajstić information content (AvgIpc) is 3.17. The third-order valence-corrected chi connectivity index (χ3v) is 4.20. The summed E-state index contributed by atoms with van der Waals surface area (Å²) in [5, 5.41) is 3.63. The molecular formula is C18H25N3. The highest BCUT2D eigenvalue weighted by Crippen LogP contribution is 2.28. The number of para-hydroxylation sites is 2. The summed E-state index contributed by atoms with van der Waals surface area (Å²) in [6.45, 7) is 6.57. The van der Waals surface area contributed by atoms with Crippen LogP contribution in [0.15, 0.2) is 42.6 Å². The van der Waals surface area contributed by atoms with E-state index in [0.29, 0.717) is 0 Å². The van der Waals surface area contributed by atoms with Gasteiger partial charge in [0.05, 0.1) is 17.9 Å². The number of hydrogen-bond acceptors (Lipinski definition) is 2. The maximum absolute atomic E-state index is 3.63. The molecule has 1 saturated heterocycles. The molecule has 3 heteroatoms. The van der Waals surface area contributed by atoms with E-state index in [2.05, 4.69) is 64.3 Å². The van der Waals surface area contributed by atoms with E-state index in [-0.39, 0.29) is 0 Å². The van der Waals surface area contributed by atoms with Crippen molar-refractivity contribution >= 4 is 11.4 Å². The molecule has 0 aliphatic carbocycles. The van der Waals surface area contributed by atoms with Crippen molar-refractivity contribution in [1.82, 2.24) is 4.57 Å². The van der Waals surface area contributed by atoms with Gasteiger partial charge in [-0.05, 0) is 43.5 Å². The first-order chi connectivity index (χ1) is 10.4. The van der Waals surface area contributed by atoms with E-state index in [1.165, 1.54) is 49.4 Å². The van der Waals surface area contributed by atoms with E-state index in [0.717, 1.165) is 13.1 Å². The van der Waals surface area contributed by atoms with Crippen molar-refractivity contribution in [2.75, 3.05) is 23.3 Å². The fourth-order valence-electron chi connectivity index (χ4n) is 3.11. The predicted octanol–water partition coefficient (Wildman–Crippen LogP) is 4.11. The number of hydrogen-bond donors (Lipinski definition) is 1. The fraction of sp³-hybridized carbons (Fsp3) is 0.444. The number of rotatable bonds is 6. The van der Waals surface area contributed by atoms with E-state index in [1.807, 2.05) is 0 Å². The van der Waals surface area contributed by atoms with Crippen molar-refractivity contribution in [2.45, 2.75) is 39.3 Å². The van der Waals surface area contributed by atoms with Crippen LogP contribution >= 0.6 is 0 Å². The molecule has 3 nitrogen and oxygen atoms in total. The fourth-order valence-corrected chi connectivity index (χ4v) is 3.11. The monoisotopic (exact) mass is 283 g/mol. The molecule has 0 bridgehead atoms. The van der Waals surface area contributed by atoms with Crippen LogP contribution in [-0.4, -0.2) is 17.7 Å². The largest absolute Gasteiger partial charge is 0.378 e. The molecule has 2 aromatic rings. The standard InChI is InChI=1S/C18H25N3/c1-2-11-20-14-7-8-16(20)15-19-17-9-3-4-10-18(17)21-12-5-6-13-21/h3-4,7-10,14,19H,2,5-6,11-13,15H2,1H3.